The summed E-state index contributed by atoms with van der Waals surface area (Å²) in [6.07, 6.45) is 3.20. The number of nitrogens with zero attached hydrogens (tertiary/aromatic N) is 8. The molecular weight excluding hydrogens is 494 g/mol. The summed E-state index contributed by atoms with van der Waals surface area (Å²) >= 11 is 5.60. The zero-order valence-electron chi connectivity index (χ0n) is 20.2. The van der Waals surface area contributed by atoms with Crippen molar-refractivity contribution in [3.8, 4) is 0 Å². The Kier molecular flexibility index (Phi) is 7.65. The molecule has 0 saturated carbocycles. The molecule has 190 valence electrons. The summed E-state index contributed by atoms with van der Waals surface area (Å²) in [6.45, 7) is 4.75. The van der Waals surface area contributed by atoms with Gasteiger partial charge in [-0.3, -0.25) is 0 Å². The maximum absolute atomic E-state index is 5.83. The monoisotopic (exact) mass is 519 g/mol. The van der Waals surface area contributed by atoms with Crippen LogP contribution in [0.5, 0.6) is 0 Å². The molecule has 37 heavy (non-hydrogen) atoms. The minimum Gasteiger partial charge on any atom is -0.382 e. The summed E-state index contributed by atoms with van der Waals surface area (Å²) in [5.74, 6) is 0.915. The first-order valence-corrected chi connectivity index (χ1v) is 11.7. The van der Waals surface area contributed by atoms with Gasteiger partial charge in [0.15, 0.2) is 34.0 Å². The number of benzene rings is 1. The lowest BCUT2D eigenvalue weighted by Gasteiger charge is -2.14. The highest BCUT2D eigenvalue weighted by Gasteiger charge is 2.10. The van der Waals surface area contributed by atoms with Gasteiger partial charge in [-0.05, 0) is 19.4 Å². The van der Waals surface area contributed by atoms with E-state index in [4.69, 9.17) is 34.5 Å². The number of hydrogen-bond donors (Lipinski definition) is 5. The summed E-state index contributed by atoms with van der Waals surface area (Å²) in [5.41, 5.74) is 27.9. The Morgan fingerprint density at radius 3 is 1.81 bits per heavy atom. The van der Waals surface area contributed by atoms with Crippen molar-refractivity contribution in [2.24, 2.45) is 0 Å². The molecule has 1 atom stereocenters. The lowest BCUT2D eigenvalue weighted by molar-refractivity contribution is 0.567. The highest BCUT2D eigenvalue weighted by atomic mass is 35.5. The predicted octanol–water partition coefficient (Wildman–Crippen LogP) is 2.07. The van der Waals surface area contributed by atoms with Crippen LogP contribution in [0.25, 0.3) is 22.3 Å². The van der Waals surface area contributed by atoms with Gasteiger partial charge in [-0.1, -0.05) is 29.8 Å². The minimum absolute atomic E-state index is 0.0860. The summed E-state index contributed by atoms with van der Waals surface area (Å²) in [6, 6.07) is 8.65. The van der Waals surface area contributed by atoms with Gasteiger partial charge in [0, 0.05) is 12.6 Å². The van der Waals surface area contributed by atoms with E-state index < -0.39 is 0 Å². The fourth-order valence-corrected chi connectivity index (χ4v) is 3.47. The first-order chi connectivity index (χ1) is 17.7. The highest BCUT2D eigenvalue weighted by molar-refractivity contribution is 6.16. The van der Waals surface area contributed by atoms with Crippen molar-refractivity contribution >= 4 is 57.5 Å². The van der Waals surface area contributed by atoms with Crippen LogP contribution in [0.3, 0.4) is 0 Å². The van der Waals surface area contributed by atoms with Gasteiger partial charge < -0.3 is 28.3 Å². The number of aromatic nitrogens is 8. The zero-order chi connectivity index (χ0) is 26.5. The highest BCUT2D eigenvalue weighted by Crippen LogP contribution is 2.17. The van der Waals surface area contributed by atoms with Gasteiger partial charge in [-0.15, -0.1) is 11.6 Å². The maximum atomic E-state index is 5.83. The lowest BCUT2D eigenvalue weighted by Crippen LogP contribution is -2.19. The molecule has 0 aliphatic rings. The van der Waals surface area contributed by atoms with Gasteiger partial charge in [-0.25, -0.2) is 19.9 Å². The third kappa shape index (κ3) is 6.20. The Hall–Kier alpha value is -4.49. The second kappa shape index (κ2) is 11.1. The van der Waals surface area contributed by atoms with E-state index >= 15 is 0 Å². The van der Waals surface area contributed by atoms with Crippen LogP contribution in [0.1, 0.15) is 35.5 Å². The van der Waals surface area contributed by atoms with Crippen LogP contribution in [0.15, 0.2) is 36.7 Å². The van der Waals surface area contributed by atoms with Gasteiger partial charge in [-0.2, -0.15) is 19.9 Å². The van der Waals surface area contributed by atoms with Gasteiger partial charge in [0.2, 0.25) is 11.9 Å². The number of fused-ring (bicyclic) bond motifs is 2. The van der Waals surface area contributed by atoms with Gasteiger partial charge in [0.1, 0.15) is 0 Å². The fourth-order valence-electron chi connectivity index (χ4n) is 3.35. The first-order valence-electron chi connectivity index (χ1n) is 11.2. The van der Waals surface area contributed by atoms with Crippen molar-refractivity contribution in [3.63, 3.8) is 0 Å². The summed E-state index contributed by atoms with van der Waals surface area (Å²) in [7, 11) is 0. The summed E-state index contributed by atoms with van der Waals surface area (Å²) in [4.78, 5) is 32.5. The molecule has 9 N–H and O–H groups in total. The molecule has 4 aromatic heterocycles. The SMILES string of the molecule is Cc1ccc(C(C)NCc2cnc3nc(N)nc(N)c3n2)cc1.Nc1nc(N)c2nc(CCl)cnc2n1. The normalized spacial score (nSPS) is 11.8. The predicted molar refractivity (Wildman–Crippen MR) is 144 cm³/mol. The smallest absolute Gasteiger partial charge is 0.224 e. The van der Waals surface area contributed by atoms with Crippen molar-refractivity contribution in [1.29, 1.82) is 0 Å². The van der Waals surface area contributed by atoms with Crippen molar-refractivity contribution in [1.82, 2.24) is 45.2 Å². The average Bonchev–Trinajstić information content (AvgIpc) is 2.88. The van der Waals surface area contributed by atoms with Crippen LogP contribution < -0.4 is 28.3 Å². The Bertz CT molecular complexity index is 1540. The molecule has 5 rings (SSSR count). The molecule has 0 fully saturated rings. The molecule has 1 aromatic carbocycles. The van der Waals surface area contributed by atoms with Gasteiger partial charge in [0.05, 0.1) is 29.7 Å². The molecule has 0 amide bonds. The third-order valence-corrected chi connectivity index (χ3v) is 5.58. The molecule has 0 radical (unpaired) electrons. The van der Waals surface area contributed by atoms with Crippen molar-refractivity contribution in [2.45, 2.75) is 32.3 Å². The maximum Gasteiger partial charge on any atom is 0.224 e. The number of nitrogen functional groups attached to an aromatic ring is 4. The van der Waals surface area contributed by atoms with Gasteiger partial charge >= 0.3 is 0 Å². The Balaban J connectivity index is 0.000000195. The Labute approximate surface area is 217 Å². The summed E-state index contributed by atoms with van der Waals surface area (Å²) in [5, 5.41) is 3.42. The molecule has 0 saturated heterocycles. The molecule has 13 nitrogen and oxygen atoms in total. The van der Waals surface area contributed by atoms with E-state index in [1.165, 1.54) is 17.3 Å². The number of aryl methyl sites for hydroxylation is 1. The van der Waals surface area contributed by atoms with E-state index in [9.17, 15) is 0 Å². The number of nitrogens with two attached hydrogens (primary N) is 4. The number of rotatable bonds is 5. The topological polar surface area (TPSA) is 219 Å². The third-order valence-electron chi connectivity index (χ3n) is 5.31. The van der Waals surface area contributed by atoms with Gasteiger partial charge in [0.25, 0.3) is 0 Å². The van der Waals surface area contributed by atoms with E-state index in [2.05, 4.69) is 83.3 Å². The molecule has 5 aromatic rings. The molecule has 0 spiro atoms. The molecule has 14 heteroatoms. The molecule has 0 bridgehead atoms. The standard InChI is InChI=1S/C16H19N7.C7H7ClN6/c1-9-3-5-11(6-4-9)10(2)19-7-12-8-20-15-13(21-12)14(17)22-16(18)23-15;8-1-3-2-11-6-4(12-3)5(9)13-7(10)14-6/h3-6,8,10,19H,7H2,1-2H3,(H4,17,18,20,22,23);2H,1H2,(H4,9,10,11,13,14). The van der Waals surface area contributed by atoms with Crippen molar-refractivity contribution < 1.29 is 0 Å². The molecule has 0 aliphatic carbocycles. The Morgan fingerprint density at radius 2 is 1.27 bits per heavy atom. The second-order valence-electron chi connectivity index (χ2n) is 8.15. The number of hydrogen-bond acceptors (Lipinski definition) is 13. The number of anilines is 4. The number of nitrogens with one attached hydrogen (secondary N) is 1. The van der Waals surface area contributed by atoms with Crippen LogP contribution in [-0.2, 0) is 12.4 Å². The van der Waals surface area contributed by atoms with E-state index in [0.29, 0.717) is 34.6 Å². The quantitative estimate of drug-likeness (QED) is 0.210. The van der Waals surface area contributed by atoms with Crippen LogP contribution in [0, 0.1) is 6.92 Å². The van der Waals surface area contributed by atoms with Crippen LogP contribution >= 0.6 is 11.6 Å². The summed E-state index contributed by atoms with van der Waals surface area (Å²) < 4.78 is 0. The zero-order valence-corrected chi connectivity index (χ0v) is 21.0. The van der Waals surface area contributed by atoms with E-state index in [-0.39, 0.29) is 35.5 Å². The second-order valence-corrected chi connectivity index (χ2v) is 8.42. The largest absolute Gasteiger partial charge is 0.382 e. The lowest BCUT2D eigenvalue weighted by atomic mass is 10.1. The van der Waals surface area contributed by atoms with Crippen molar-refractivity contribution in [2.75, 3.05) is 22.9 Å². The molecular formula is C23H26ClN13. The van der Waals surface area contributed by atoms with Crippen LogP contribution in [0.4, 0.5) is 23.5 Å². The van der Waals surface area contributed by atoms with Crippen LogP contribution in [-0.4, -0.2) is 39.9 Å². The Morgan fingerprint density at radius 1 is 0.757 bits per heavy atom. The molecule has 0 aliphatic heterocycles. The average molecular weight is 520 g/mol. The van der Waals surface area contributed by atoms with E-state index in [0.717, 1.165) is 5.69 Å². The first kappa shape index (κ1) is 25.6. The van der Waals surface area contributed by atoms with E-state index in [1.807, 2.05) is 0 Å². The number of halogens is 1. The van der Waals surface area contributed by atoms with E-state index in [1.54, 1.807) is 6.20 Å². The van der Waals surface area contributed by atoms with Crippen LogP contribution in [0.2, 0.25) is 0 Å². The fraction of sp³-hybridized carbons (Fsp3) is 0.217. The minimum atomic E-state index is 0.0860. The molecule has 4 heterocycles. The number of alkyl halides is 1. The molecule has 1 unspecified atom stereocenters. The van der Waals surface area contributed by atoms with Crippen molar-refractivity contribution in [3.05, 3.63) is 59.2 Å².